The Balaban J connectivity index is 4.44. The third-order valence-corrected chi connectivity index (χ3v) is 11.5. The molecule has 0 aliphatic rings. The minimum absolute atomic E-state index is 0.0986. The van der Waals surface area contributed by atoms with E-state index in [1.807, 2.05) is 0 Å². The summed E-state index contributed by atoms with van der Waals surface area (Å²) >= 11 is 0. The maximum Gasteiger partial charge on any atom is 0.306 e. The number of allylic oxidation sites excluding steroid dienone is 10. The van der Waals surface area contributed by atoms with E-state index in [2.05, 4.69) is 81.5 Å². The Kier molecular flexibility index (Phi) is 49.4. The van der Waals surface area contributed by atoms with Crippen molar-refractivity contribution in [2.45, 2.75) is 271 Å². The van der Waals surface area contributed by atoms with Crippen molar-refractivity contribution < 1.29 is 28.6 Å². The van der Waals surface area contributed by atoms with Gasteiger partial charge >= 0.3 is 17.9 Å². The first-order chi connectivity index (χ1) is 31.0. The lowest BCUT2D eigenvalue weighted by molar-refractivity contribution is -0.167. The van der Waals surface area contributed by atoms with Crippen LogP contribution in [0.2, 0.25) is 0 Å². The molecule has 0 saturated carbocycles. The van der Waals surface area contributed by atoms with E-state index in [-0.39, 0.29) is 37.5 Å². The molecule has 0 bridgehead atoms. The molecule has 6 heteroatoms. The molecule has 0 rings (SSSR count). The molecule has 0 saturated heterocycles. The average molecular weight is 881 g/mol. The van der Waals surface area contributed by atoms with Gasteiger partial charge in [-0.15, -0.1) is 0 Å². The van der Waals surface area contributed by atoms with Crippen LogP contribution < -0.4 is 0 Å². The highest BCUT2D eigenvalue weighted by molar-refractivity contribution is 5.71. The van der Waals surface area contributed by atoms with Crippen molar-refractivity contribution in [2.24, 2.45) is 0 Å². The van der Waals surface area contributed by atoms with Crippen LogP contribution in [0.25, 0.3) is 0 Å². The number of hydrogen-bond donors (Lipinski definition) is 0. The van der Waals surface area contributed by atoms with E-state index >= 15 is 0 Å². The fourth-order valence-corrected chi connectivity index (χ4v) is 7.37. The summed E-state index contributed by atoms with van der Waals surface area (Å²) in [5.41, 5.74) is 0. The Morgan fingerprint density at radius 2 is 0.603 bits per heavy atom. The Morgan fingerprint density at radius 1 is 0.317 bits per heavy atom. The van der Waals surface area contributed by atoms with Gasteiger partial charge < -0.3 is 14.2 Å². The predicted octanol–water partition coefficient (Wildman–Crippen LogP) is 17.6. The average Bonchev–Trinajstić information content (AvgIpc) is 3.28. The smallest absolute Gasteiger partial charge is 0.306 e. The Labute approximate surface area is 390 Å². The molecule has 0 aromatic heterocycles. The quantitative estimate of drug-likeness (QED) is 0.0262. The lowest BCUT2D eigenvalue weighted by Crippen LogP contribution is -2.30. The van der Waals surface area contributed by atoms with Gasteiger partial charge in [0.25, 0.3) is 0 Å². The van der Waals surface area contributed by atoms with Gasteiger partial charge in [0, 0.05) is 19.3 Å². The van der Waals surface area contributed by atoms with E-state index in [9.17, 15) is 14.4 Å². The number of esters is 3. The highest BCUT2D eigenvalue weighted by atomic mass is 16.6. The maximum atomic E-state index is 12.8. The number of unbranched alkanes of at least 4 members (excludes halogenated alkanes) is 27. The molecule has 0 aliphatic carbocycles. The monoisotopic (exact) mass is 881 g/mol. The molecule has 0 spiro atoms. The summed E-state index contributed by atoms with van der Waals surface area (Å²) < 4.78 is 16.7. The molecule has 63 heavy (non-hydrogen) atoms. The first kappa shape index (κ1) is 60.1. The van der Waals surface area contributed by atoms with Gasteiger partial charge in [-0.2, -0.15) is 0 Å². The van der Waals surface area contributed by atoms with Gasteiger partial charge in [-0.3, -0.25) is 14.4 Å². The van der Waals surface area contributed by atoms with Crippen LogP contribution in [-0.2, 0) is 28.6 Å². The van der Waals surface area contributed by atoms with Crippen molar-refractivity contribution in [3.63, 3.8) is 0 Å². The lowest BCUT2D eigenvalue weighted by Gasteiger charge is -2.18. The van der Waals surface area contributed by atoms with Gasteiger partial charge in [-0.1, -0.05) is 210 Å². The first-order valence-corrected chi connectivity index (χ1v) is 26.8. The molecule has 0 aromatic rings. The van der Waals surface area contributed by atoms with Crippen LogP contribution >= 0.6 is 0 Å². The zero-order chi connectivity index (χ0) is 45.8. The summed E-state index contributed by atoms with van der Waals surface area (Å²) in [5.74, 6) is -0.961. The Bertz CT molecular complexity index is 1150. The van der Waals surface area contributed by atoms with E-state index in [0.717, 1.165) is 70.6 Å². The Morgan fingerprint density at radius 3 is 1.00 bits per heavy atom. The summed E-state index contributed by atoms with van der Waals surface area (Å²) in [6.45, 7) is 6.54. The standard InChI is InChI=1S/C57H100O6/c1-4-7-10-13-16-19-22-24-26-28-30-32-35-38-41-44-47-50-56(59)62-53-54(52-61-55(58)49-46-43-40-37-34-21-18-15-12-9-6-3)63-57(60)51-48-45-42-39-36-33-31-29-27-25-23-20-17-14-11-8-5-2/h15,18,24-27,31,33,39,42,54H,4-14,16-17,19-23,28-30,32,34-38,40-41,43-53H2,1-3H3/b18-15-,26-24-,27-25-,33-31-,42-39-/t54-/m0/s1. The van der Waals surface area contributed by atoms with Crippen molar-refractivity contribution in [2.75, 3.05) is 13.2 Å². The van der Waals surface area contributed by atoms with E-state index in [0.29, 0.717) is 19.3 Å². The second-order valence-corrected chi connectivity index (χ2v) is 17.8. The third kappa shape index (κ3) is 50.0. The fourth-order valence-electron chi connectivity index (χ4n) is 7.37. The van der Waals surface area contributed by atoms with Crippen molar-refractivity contribution in [1.29, 1.82) is 0 Å². The molecule has 6 nitrogen and oxygen atoms in total. The van der Waals surface area contributed by atoms with Crippen LogP contribution in [0.15, 0.2) is 60.8 Å². The van der Waals surface area contributed by atoms with Crippen molar-refractivity contribution >= 4 is 17.9 Å². The minimum atomic E-state index is -0.804. The predicted molar refractivity (Wildman–Crippen MR) is 270 cm³/mol. The molecule has 0 radical (unpaired) electrons. The summed E-state index contributed by atoms with van der Waals surface area (Å²) in [6.07, 6.45) is 63.6. The van der Waals surface area contributed by atoms with Crippen LogP contribution in [0.1, 0.15) is 265 Å². The van der Waals surface area contributed by atoms with Gasteiger partial charge in [-0.25, -0.2) is 0 Å². The number of carbonyl (C=O) groups excluding carboxylic acids is 3. The van der Waals surface area contributed by atoms with Crippen LogP contribution in [0.5, 0.6) is 0 Å². The number of rotatable bonds is 48. The molecule has 0 fully saturated rings. The Hall–Kier alpha value is -2.89. The second-order valence-electron chi connectivity index (χ2n) is 17.8. The molecular formula is C57H100O6. The van der Waals surface area contributed by atoms with Crippen LogP contribution in [0.4, 0.5) is 0 Å². The number of carbonyl (C=O) groups is 3. The zero-order valence-corrected chi connectivity index (χ0v) is 41.6. The molecule has 0 amide bonds. The second kappa shape index (κ2) is 51.7. The third-order valence-electron chi connectivity index (χ3n) is 11.5. The molecule has 364 valence electrons. The summed E-state index contributed by atoms with van der Waals surface area (Å²) in [6, 6.07) is 0. The molecule has 0 aromatic carbocycles. The summed E-state index contributed by atoms with van der Waals surface area (Å²) in [4.78, 5) is 38.0. The fraction of sp³-hybridized carbons (Fsp3) is 0.772. The molecule has 0 aliphatic heterocycles. The molecular weight excluding hydrogens is 781 g/mol. The molecule has 0 N–H and O–H groups in total. The lowest BCUT2D eigenvalue weighted by atomic mass is 10.1. The highest BCUT2D eigenvalue weighted by Crippen LogP contribution is 2.14. The van der Waals surface area contributed by atoms with Crippen LogP contribution in [0.3, 0.4) is 0 Å². The minimum Gasteiger partial charge on any atom is -0.462 e. The van der Waals surface area contributed by atoms with Gasteiger partial charge in [0.1, 0.15) is 13.2 Å². The van der Waals surface area contributed by atoms with E-state index in [4.69, 9.17) is 14.2 Å². The van der Waals surface area contributed by atoms with E-state index in [1.54, 1.807) is 0 Å². The number of ether oxygens (including phenoxy) is 3. The van der Waals surface area contributed by atoms with Gasteiger partial charge in [0.05, 0.1) is 0 Å². The van der Waals surface area contributed by atoms with Crippen molar-refractivity contribution in [3.8, 4) is 0 Å². The van der Waals surface area contributed by atoms with Crippen LogP contribution in [-0.4, -0.2) is 37.2 Å². The normalized spacial score (nSPS) is 12.5. The van der Waals surface area contributed by atoms with E-state index < -0.39 is 6.10 Å². The van der Waals surface area contributed by atoms with Gasteiger partial charge in [0.2, 0.25) is 0 Å². The highest BCUT2D eigenvalue weighted by Gasteiger charge is 2.19. The number of hydrogen-bond acceptors (Lipinski definition) is 6. The molecule has 0 unspecified atom stereocenters. The molecule has 0 heterocycles. The summed E-state index contributed by atoms with van der Waals surface area (Å²) in [7, 11) is 0. The van der Waals surface area contributed by atoms with Crippen molar-refractivity contribution in [3.05, 3.63) is 60.8 Å². The SMILES string of the molecule is CCCC/C=C\CCCCCCCC(=O)OC[C@@H](COC(=O)CCCCCCCCC/C=C\CCCCCCCC)OC(=O)CCC/C=C\C/C=C\C/C=C\CCCCCCCC. The first-order valence-electron chi connectivity index (χ1n) is 26.8. The van der Waals surface area contributed by atoms with E-state index in [1.165, 1.54) is 148 Å². The topological polar surface area (TPSA) is 78.9 Å². The summed E-state index contributed by atoms with van der Waals surface area (Å²) in [5, 5.41) is 0. The van der Waals surface area contributed by atoms with Crippen molar-refractivity contribution in [1.82, 2.24) is 0 Å². The van der Waals surface area contributed by atoms with Crippen LogP contribution in [0, 0.1) is 0 Å². The zero-order valence-electron chi connectivity index (χ0n) is 41.6. The molecule has 1 atom stereocenters. The van der Waals surface area contributed by atoms with Gasteiger partial charge in [-0.05, 0) is 96.3 Å². The largest absolute Gasteiger partial charge is 0.462 e. The van der Waals surface area contributed by atoms with Gasteiger partial charge in [0.15, 0.2) is 6.10 Å². The maximum absolute atomic E-state index is 12.8.